The topological polar surface area (TPSA) is 48.7 Å². The number of rotatable bonds is 7. The lowest BCUT2D eigenvalue weighted by molar-refractivity contribution is 0.573. The van der Waals surface area contributed by atoms with Crippen LogP contribution in [0.3, 0.4) is 0 Å². The van der Waals surface area contributed by atoms with Gasteiger partial charge in [-0.15, -0.1) is 0 Å². The molecule has 0 aliphatic carbocycles. The van der Waals surface area contributed by atoms with Crippen molar-refractivity contribution in [3.8, 4) is 6.07 Å². The highest BCUT2D eigenvalue weighted by atomic mass is 14.8. The Morgan fingerprint density at radius 3 is 2.73 bits per heavy atom. The third-order valence-electron chi connectivity index (χ3n) is 3.90. The molecule has 0 spiro atoms. The van der Waals surface area contributed by atoms with E-state index < -0.39 is 0 Å². The second-order valence-corrected chi connectivity index (χ2v) is 5.55. The van der Waals surface area contributed by atoms with Gasteiger partial charge in [-0.05, 0) is 56.0 Å². The number of hydrogen-bond acceptors (Lipinski definition) is 3. The van der Waals surface area contributed by atoms with Gasteiger partial charge in [-0.3, -0.25) is 4.98 Å². The first-order valence-corrected chi connectivity index (χ1v) is 7.86. The van der Waals surface area contributed by atoms with E-state index in [4.69, 9.17) is 0 Å². The first-order chi connectivity index (χ1) is 10.7. The van der Waals surface area contributed by atoms with Crippen LogP contribution < -0.4 is 5.32 Å². The van der Waals surface area contributed by atoms with Gasteiger partial charge in [-0.2, -0.15) is 5.26 Å². The molecule has 1 aromatic carbocycles. The second-order valence-electron chi connectivity index (χ2n) is 5.55. The number of pyridine rings is 1. The van der Waals surface area contributed by atoms with Crippen LogP contribution in [0.1, 0.15) is 41.6 Å². The Balaban J connectivity index is 2.23. The molecule has 1 heterocycles. The van der Waals surface area contributed by atoms with Crippen molar-refractivity contribution < 1.29 is 0 Å². The molecule has 1 atom stereocenters. The third kappa shape index (κ3) is 4.41. The van der Waals surface area contributed by atoms with Crippen molar-refractivity contribution in [2.24, 2.45) is 0 Å². The summed E-state index contributed by atoms with van der Waals surface area (Å²) in [5, 5.41) is 12.7. The summed E-state index contributed by atoms with van der Waals surface area (Å²) < 4.78 is 0. The average molecular weight is 293 g/mol. The highest BCUT2D eigenvalue weighted by Crippen LogP contribution is 2.25. The molecular formula is C19H23N3. The minimum atomic E-state index is 0.411. The molecule has 1 unspecified atom stereocenters. The van der Waals surface area contributed by atoms with E-state index in [0.717, 1.165) is 37.2 Å². The normalized spacial score (nSPS) is 11.9. The third-order valence-corrected chi connectivity index (χ3v) is 3.90. The molecule has 0 saturated heterocycles. The number of nitrogens with one attached hydrogen (secondary N) is 1. The Labute approximate surface area is 133 Å². The largest absolute Gasteiger partial charge is 0.317 e. The zero-order valence-electron chi connectivity index (χ0n) is 13.3. The van der Waals surface area contributed by atoms with Crippen molar-refractivity contribution in [2.75, 3.05) is 13.1 Å². The molecule has 2 aromatic rings. The zero-order valence-corrected chi connectivity index (χ0v) is 13.3. The molecule has 2 rings (SSSR count). The fraction of sp³-hybridized carbons (Fsp3) is 0.368. The van der Waals surface area contributed by atoms with E-state index in [1.807, 2.05) is 19.1 Å². The van der Waals surface area contributed by atoms with Crippen LogP contribution in [0.2, 0.25) is 0 Å². The van der Waals surface area contributed by atoms with Gasteiger partial charge in [0.05, 0.1) is 5.56 Å². The lowest BCUT2D eigenvalue weighted by atomic mass is 9.88. The zero-order chi connectivity index (χ0) is 15.8. The van der Waals surface area contributed by atoms with Crippen LogP contribution in [0.4, 0.5) is 0 Å². The molecule has 0 bridgehead atoms. The lowest BCUT2D eigenvalue weighted by Gasteiger charge is -2.18. The molecule has 0 aliphatic rings. The Kier molecular flexibility index (Phi) is 6.12. The predicted octanol–water partition coefficient (Wildman–Crippen LogP) is 3.59. The van der Waals surface area contributed by atoms with E-state index in [2.05, 4.69) is 47.6 Å². The number of nitriles is 1. The molecule has 0 fully saturated rings. The van der Waals surface area contributed by atoms with Gasteiger partial charge in [0.25, 0.3) is 0 Å². The van der Waals surface area contributed by atoms with Crippen LogP contribution in [0.5, 0.6) is 0 Å². The summed E-state index contributed by atoms with van der Waals surface area (Å²) in [4.78, 5) is 4.23. The monoisotopic (exact) mass is 293 g/mol. The summed E-state index contributed by atoms with van der Waals surface area (Å²) in [6, 6.07) is 14.9. The Morgan fingerprint density at radius 2 is 2.05 bits per heavy atom. The fourth-order valence-electron chi connectivity index (χ4n) is 2.72. The second kappa shape index (κ2) is 8.31. The van der Waals surface area contributed by atoms with Crippen molar-refractivity contribution in [3.63, 3.8) is 0 Å². The minimum Gasteiger partial charge on any atom is -0.317 e. The van der Waals surface area contributed by atoms with Crippen molar-refractivity contribution in [3.05, 3.63) is 65.0 Å². The van der Waals surface area contributed by atoms with Crippen LogP contribution >= 0.6 is 0 Å². The first-order valence-electron chi connectivity index (χ1n) is 7.86. The maximum Gasteiger partial charge on any atom is 0.101 e. The highest BCUT2D eigenvalue weighted by Gasteiger charge is 2.14. The van der Waals surface area contributed by atoms with Crippen LogP contribution in [0.15, 0.2) is 42.6 Å². The quantitative estimate of drug-likeness (QED) is 0.794. The van der Waals surface area contributed by atoms with Gasteiger partial charge in [0.2, 0.25) is 0 Å². The van der Waals surface area contributed by atoms with Gasteiger partial charge in [0.15, 0.2) is 0 Å². The Morgan fingerprint density at radius 1 is 1.27 bits per heavy atom. The highest BCUT2D eigenvalue weighted by molar-refractivity contribution is 5.38. The number of aryl methyl sites for hydroxylation is 1. The molecular weight excluding hydrogens is 270 g/mol. The van der Waals surface area contributed by atoms with Crippen LogP contribution in [0, 0.1) is 18.3 Å². The number of benzene rings is 1. The van der Waals surface area contributed by atoms with E-state index in [9.17, 15) is 5.26 Å². The van der Waals surface area contributed by atoms with Gasteiger partial charge in [-0.25, -0.2) is 0 Å². The van der Waals surface area contributed by atoms with Gasteiger partial charge in [-0.1, -0.05) is 37.3 Å². The van der Waals surface area contributed by atoms with Crippen molar-refractivity contribution >= 4 is 0 Å². The van der Waals surface area contributed by atoms with E-state index in [1.54, 1.807) is 6.20 Å². The molecule has 114 valence electrons. The van der Waals surface area contributed by atoms with Gasteiger partial charge >= 0.3 is 0 Å². The Bertz CT molecular complexity index is 629. The smallest absolute Gasteiger partial charge is 0.101 e. The molecule has 22 heavy (non-hydrogen) atoms. The Hall–Kier alpha value is -2.18. The van der Waals surface area contributed by atoms with Crippen molar-refractivity contribution in [1.29, 1.82) is 5.26 Å². The lowest BCUT2D eigenvalue weighted by Crippen LogP contribution is -2.18. The molecule has 0 aliphatic heterocycles. The molecule has 1 aromatic heterocycles. The summed E-state index contributed by atoms with van der Waals surface area (Å²) >= 11 is 0. The maximum atomic E-state index is 9.30. The minimum absolute atomic E-state index is 0.411. The van der Waals surface area contributed by atoms with E-state index in [-0.39, 0.29) is 0 Å². The molecule has 0 radical (unpaired) electrons. The van der Waals surface area contributed by atoms with Crippen molar-refractivity contribution in [2.45, 2.75) is 32.6 Å². The summed E-state index contributed by atoms with van der Waals surface area (Å²) in [6.45, 7) is 6.07. The number of hydrogen-bond donors (Lipinski definition) is 1. The standard InChI is InChI=1S/C19H23N3/c1-3-21-10-9-17(16-7-5-4-6-8-16)12-18-11-15(2)22-14-19(18)13-20/h4-8,11,14,17,21H,3,9-10,12H2,1-2H3. The van der Waals surface area contributed by atoms with Crippen molar-refractivity contribution in [1.82, 2.24) is 10.3 Å². The van der Waals surface area contributed by atoms with Crippen LogP contribution in [-0.2, 0) is 6.42 Å². The fourth-order valence-corrected chi connectivity index (χ4v) is 2.72. The van der Waals surface area contributed by atoms with E-state index >= 15 is 0 Å². The van der Waals surface area contributed by atoms with Gasteiger partial charge in [0.1, 0.15) is 6.07 Å². The van der Waals surface area contributed by atoms with Gasteiger partial charge in [0, 0.05) is 11.9 Å². The van der Waals surface area contributed by atoms with Gasteiger partial charge < -0.3 is 5.32 Å². The first kappa shape index (κ1) is 16.2. The SMILES string of the molecule is CCNCCC(Cc1cc(C)ncc1C#N)c1ccccc1. The molecule has 0 saturated carbocycles. The number of aromatic nitrogens is 1. The predicted molar refractivity (Wildman–Crippen MR) is 89.7 cm³/mol. The summed E-state index contributed by atoms with van der Waals surface area (Å²) in [5.74, 6) is 0.411. The molecule has 0 amide bonds. The molecule has 3 heteroatoms. The number of nitrogens with zero attached hydrogens (tertiary/aromatic N) is 2. The summed E-state index contributed by atoms with van der Waals surface area (Å²) in [6.07, 6.45) is 3.63. The molecule has 1 N–H and O–H groups in total. The maximum absolute atomic E-state index is 9.30. The summed E-state index contributed by atoms with van der Waals surface area (Å²) in [5.41, 5.74) is 4.08. The molecule has 3 nitrogen and oxygen atoms in total. The average Bonchev–Trinajstić information content (AvgIpc) is 2.55. The van der Waals surface area contributed by atoms with E-state index in [1.165, 1.54) is 5.56 Å². The van der Waals surface area contributed by atoms with Crippen LogP contribution in [-0.4, -0.2) is 18.1 Å². The van der Waals surface area contributed by atoms with E-state index in [0.29, 0.717) is 11.5 Å². The summed E-state index contributed by atoms with van der Waals surface area (Å²) in [7, 11) is 0. The van der Waals surface area contributed by atoms with Crippen LogP contribution in [0.25, 0.3) is 0 Å².